The van der Waals surface area contributed by atoms with Gasteiger partial charge in [0.05, 0.1) is 24.4 Å². The van der Waals surface area contributed by atoms with E-state index in [9.17, 15) is 4.79 Å². The number of nitrogens with zero attached hydrogens (tertiary/aromatic N) is 4. The van der Waals surface area contributed by atoms with Crippen molar-refractivity contribution in [2.24, 2.45) is 0 Å². The summed E-state index contributed by atoms with van der Waals surface area (Å²) < 4.78 is 6.88. The van der Waals surface area contributed by atoms with Gasteiger partial charge in [-0.1, -0.05) is 12.1 Å². The number of hydrogen-bond acceptors (Lipinski definition) is 6. The number of nitrogens with one attached hydrogen (secondary N) is 2. The number of benzene rings is 1. The second kappa shape index (κ2) is 7.97. The molecule has 0 aliphatic carbocycles. The van der Waals surface area contributed by atoms with Crippen LogP contribution in [0.4, 0.5) is 11.5 Å². The second-order valence-corrected chi connectivity index (χ2v) is 6.59. The maximum atomic E-state index is 12.1. The van der Waals surface area contributed by atoms with Crippen LogP contribution in [0.3, 0.4) is 0 Å². The van der Waals surface area contributed by atoms with Crippen LogP contribution in [0.5, 0.6) is 0 Å². The van der Waals surface area contributed by atoms with E-state index in [4.69, 9.17) is 4.42 Å². The minimum Gasteiger partial charge on any atom is -0.459 e. The van der Waals surface area contributed by atoms with E-state index in [-0.39, 0.29) is 11.7 Å². The fourth-order valence-corrected chi connectivity index (χ4v) is 2.96. The number of carbonyl (C=O) groups excluding carboxylic acids is 1. The van der Waals surface area contributed by atoms with Gasteiger partial charge in [0.1, 0.15) is 5.82 Å². The Bertz CT molecular complexity index is 1130. The first-order valence-electron chi connectivity index (χ1n) is 9.12. The fraction of sp³-hybridized carbons (Fsp3) is 0.143. The number of hydrogen-bond donors (Lipinski definition) is 2. The van der Waals surface area contributed by atoms with E-state index in [1.54, 1.807) is 29.2 Å². The zero-order valence-electron chi connectivity index (χ0n) is 16.1. The third-order valence-corrected chi connectivity index (χ3v) is 4.25. The highest BCUT2D eigenvalue weighted by Crippen LogP contribution is 2.15. The molecule has 1 amide bonds. The molecule has 0 saturated carbocycles. The highest BCUT2D eigenvalue weighted by molar-refractivity contribution is 6.02. The van der Waals surface area contributed by atoms with E-state index >= 15 is 0 Å². The van der Waals surface area contributed by atoms with Gasteiger partial charge in [-0.25, -0.2) is 9.67 Å². The number of amides is 1. The average molecular weight is 388 g/mol. The van der Waals surface area contributed by atoms with Gasteiger partial charge in [-0.3, -0.25) is 9.78 Å². The molecule has 8 heteroatoms. The van der Waals surface area contributed by atoms with E-state index in [1.807, 2.05) is 44.2 Å². The van der Waals surface area contributed by atoms with Gasteiger partial charge in [0.2, 0.25) is 0 Å². The van der Waals surface area contributed by atoms with Crippen molar-refractivity contribution in [3.05, 3.63) is 83.8 Å². The van der Waals surface area contributed by atoms with Crippen LogP contribution in [-0.4, -0.2) is 25.7 Å². The molecule has 3 aromatic heterocycles. The third-order valence-electron chi connectivity index (χ3n) is 4.25. The number of furan rings is 1. The number of carbonyl (C=O) groups is 1. The molecule has 0 saturated heterocycles. The largest absolute Gasteiger partial charge is 0.459 e. The number of anilines is 2. The maximum Gasteiger partial charge on any atom is 0.291 e. The molecule has 29 heavy (non-hydrogen) atoms. The van der Waals surface area contributed by atoms with Crippen LogP contribution in [0.15, 0.2) is 65.5 Å². The van der Waals surface area contributed by atoms with Crippen molar-refractivity contribution in [3.63, 3.8) is 0 Å². The SMILES string of the molecule is Cc1cc(C)n(-c2cncc(NCc3cccc(NC(=O)c4ccco4)c3)n2)n1. The van der Waals surface area contributed by atoms with Gasteiger partial charge in [-0.05, 0) is 49.7 Å². The maximum absolute atomic E-state index is 12.1. The van der Waals surface area contributed by atoms with Gasteiger partial charge in [0.25, 0.3) is 5.91 Å². The summed E-state index contributed by atoms with van der Waals surface area (Å²) in [4.78, 5) is 21.0. The van der Waals surface area contributed by atoms with E-state index in [0.717, 1.165) is 17.0 Å². The Labute approximate surface area is 167 Å². The first-order valence-corrected chi connectivity index (χ1v) is 9.12. The van der Waals surface area contributed by atoms with Gasteiger partial charge >= 0.3 is 0 Å². The van der Waals surface area contributed by atoms with Crippen molar-refractivity contribution in [2.75, 3.05) is 10.6 Å². The van der Waals surface area contributed by atoms with E-state index < -0.39 is 0 Å². The third kappa shape index (κ3) is 4.32. The summed E-state index contributed by atoms with van der Waals surface area (Å²) >= 11 is 0. The molecular weight excluding hydrogens is 368 g/mol. The van der Waals surface area contributed by atoms with Gasteiger partial charge in [-0.15, -0.1) is 0 Å². The second-order valence-electron chi connectivity index (χ2n) is 6.59. The van der Waals surface area contributed by atoms with Gasteiger partial charge in [0.15, 0.2) is 11.6 Å². The predicted molar refractivity (Wildman–Crippen MR) is 109 cm³/mol. The lowest BCUT2D eigenvalue weighted by molar-refractivity contribution is 0.0996. The molecule has 0 bridgehead atoms. The number of rotatable bonds is 6. The molecule has 0 aliphatic heterocycles. The Balaban J connectivity index is 1.44. The van der Waals surface area contributed by atoms with Crippen molar-refractivity contribution in [2.45, 2.75) is 20.4 Å². The van der Waals surface area contributed by atoms with Crippen LogP contribution in [-0.2, 0) is 6.54 Å². The summed E-state index contributed by atoms with van der Waals surface area (Å²) in [6, 6.07) is 12.9. The summed E-state index contributed by atoms with van der Waals surface area (Å²) in [7, 11) is 0. The zero-order valence-corrected chi connectivity index (χ0v) is 16.1. The minimum absolute atomic E-state index is 0.268. The molecule has 0 atom stereocenters. The Kier molecular flexibility index (Phi) is 5.07. The van der Waals surface area contributed by atoms with Crippen LogP contribution in [0.25, 0.3) is 5.82 Å². The number of aryl methyl sites for hydroxylation is 2. The van der Waals surface area contributed by atoms with Crippen molar-refractivity contribution < 1.29 is 9.21 Å². The average Bonchev–Trinajstić information content (AvgIpc) is 3.37. The topological polar surface area (TPSA) is 97.9 Å². The monoisotopic (exact) mass is 388 g/mol. The van der Waals surface area contributed by atoms with Crippen LogP contribution in [0.2, 0.25) is 0 Å². The Morgan fingerprint density at radius 3 is 2.79 bits per heavy atom. The molecule has 0 radical (unpaired) electrons. The summed E-state index contributed by atoms with van der Waals surface area (Å²) in [6.07, 6.45) is 4.81. The lowest BCUT2D eigenvalue weighted by Gasteiger charge is -2.09. The molecule has 3 heterocycles. The molecule has 0 aliphatic rings. The van der Waals surface area contributed by atoms with E-state index in [2.05, 4.69) is 25.7 Å². The summed E-state index contributed by atoms with van der Waals surface area (Å²) in [5.74, 6) is 1.27. The number of aromatic nitrogens is 4. The molecule has 8 nitrogen and oxygen atoms in total. The zero-order chi connectivity index (χ0) is 20.2. The van der Waals surface area contributed by atoms with E-state index in [0.29, 0.717) is 23.9 Å². The first kappa shape index (κ1) is 18.4. The smallest absolute Gasteiger partial charge is 0.291 e. The standard InChI is InChI=1S/C21H20N6O2/c1-14-9-15(2)27(26-14)20-13-22-12-19(25-20)23-11-16-5-3-6-17(10-16)24-21(28)18-7-4-8-29-18/h3-10,12-13H,11H2,1-2H3,(H,23,25)(H,24,28). The van der Waals surface area contributed by atoms with Crippen molar-refractivity contribution in [1.29, 1.82) is 0 Å². The molecule has 0 fully saturated rings. The molecular formula is C21H20N6O2. The Morgan fingerprint density at radius 2 is 2.03 bits per heavy atom. The normalized spacial score (nSPS) is 10.7. The molecule has 1 aromatic carbocycles. The van der Waals surface area contributed by atoms with Gasteiger partial charge < -0.3 is 15.1 Å². The van der Waals surface area contributed by atoms with Crippen LogP contribution in [0, 0.1) is 13.8 Å². The molecule has 146 valence electrons. The van der Waals surface area contributed by atoms with E-state index in [1.165, 1.54) is 6.26 Å². The lowest BCUT2D eigenvalue weighted by Crippen LogP contribution is -2.11. The summed E-state index contributed by atoms with van der Waals surface area (Å²) in [5, 5.41) is 10.5. The quantitative estimate of drug-likeness (QED) is 0.522. The fourth-order valence-electron chi connectivity index (χ4n) is 2.96. The lowest BCUT2D eigenvalue weighted by atomic mass is 10.2. The minimum atomic E-state index is -0.288. The van der Waals surface area contributed by atoms with Gasteiger partial charge in [-0.2, -0.15) is 5.10 Å². The first-order chi connectivity index (χ1) is 14.1. The van der Waals surface area contributed by atoms with Gasteiger partial charge in [0, 0.05) is 17.9 Å². The molecule has 0 unspecified atom stereocenters. The van der Waals surface area contributed by atoms with Crippen LogP contribution < -0.4 is 10.6 Å². The highest BCUT2D eigenvalue weighted by atomic mass is 16.3. The predicted octanol–water partition coefficient (Wildman–Crippen LogP) is 3.74. The molecule has 4 rings (SSSR count). The molecule has 0 spiro atoms. The molecule has 4 aromatic rings. The van der Waals surface area contributed by atoms with Crippen molar-refractivity contribution >= 4 is 17.4 Å². The van der Waals surface area contributed by atoms with Crippen molar-refractivity contribution in [1.82, 2.24) is 19.7 Å². The summed E-state index contributed by atoms with van der Waals surface area (Å²) in [6.45, 7) is 4.45. The van der Waals surface area contributed by atoms with Crippen LogP contribution >= 0.6 is 0 Å². The Hall–Kier alpha value is -3.94. The van der Waals surface area contributed by atoms with Crippen molar-refractivity contribution in [3.8, 4) is 5.82 Å². The Morgan fingerprint density at radius 1 is 1.14 bits per heavy atom. The van der Waals surface area contributed by atoms with Crippen LogP contribution in [0.1, 0.15) is 27.5 Å². The molecule has 2 N–H and O–H groups in total. The highest BCUT2D eigenvalue weighted by Gasteiger charge is 2.09. The summed E-state index contributed by atoms with van der Waals surface area (Å²) in [5.41, 5.74) is 3.60.